The third kappa shape index (κ3) is 2.88. The number of nitrogen functional groups attached to an aromatic ring is 1. The maximum Gasteiger partial charge on any atom is 0.267 e. The first-order valence-corrected chi connectivity index (χ1v) is 8.18. The molecule has 1 aromatic carbocycles. The molecule has 9 heteroatoms. The molecule has 2 aromatic rings. The summed E-state index contributed by atoms with van der Waals surface area (Å²) in [5.41, 5.74) is 6.77. The molecule has 0 aliphatic carbocycles. The van der Waals surface area contributed by atoms with Crippen LogP contribution in [0.5, 0.6) is 0 Å². The second-order valence-electron chi connectivity index (χ2n) is 4.61. The maximum absolute atomic E-state index is 13.6. The van der Waals surface area contributed by atoms with Gasteiger partial charge in [-0.1, -0.05) is 0 Å². The Hall–Kier alpha value is -1.61. The average molecular weight is 377 g/mol. The molecule has 0 saturated heterocycles. The van der Waals surface area contributed by atoms with Gasteiger partial charge < -0.3 is 5.73 Å². The van der Waals surface area contributed by atoms with E-state index < -0.39 is 15.8 Å². The van der Waals surface area contributed by atoms with Gasteiger partial charge in [0.1, 0.15) is 5.82 Å². The quantitative estimate of drug-likeness (QED) is 0.859. The Morgan fingerprint density at radius 1 is 1.38 bits per heavy atom. The monoisotopic (exact) mass is 376 g/mol. The summed E-state index contributed by atoms with van der Waals surface area (Å²) in [7, 11) is -2.35. The number of sulfonamides is 1. The summed E-state index contributed by atoms with van der Waals surface area (Å²) in [6.07, 6.45) is 0. The molecular formula is C12H14BrFN4O2S. The van der Waals surface area contributed by atoms with Gasteiger partial charge in [-0.05, 0) is 47.5 Å². The van der Waals surface area contributed by atoms with Crippen molar-refractivity contribution >= 4 is 37.5 Å². The predicted molar refractivity (Wildman–Crippen MR) is 82.0 cm³/mol. The normalized spacial score (nSPS) is 11.7. The van der Waals surface area contributed by atoms with Crippen LogP contribution in [-0.4, -0.2) is 18.2 Å². The molecule has 0 amide bonds. The summed E-state index contributed by atoms with van der Waals surface area (Å²) in [6, 6.07) is 2.60. The molecule has 1 heterocycles. The van der Waals surface area contributed by atoms with Gasteiger partial charge in [-0.2, -0.15) is 5.10 Å². The highest BCUT2D eigenvalue weighted by atomic mass is 79.9. The van der Waals surface area contributed by atoms with Crippen molar-refractivity contribution < 1.29 is 12.8 Å². The van der Waals surface area contributed by atoms with E-state index in [1.807, 2.05) is 0 Å². The van der Waals surface area contributed by atoms with Crippen LogP contribution in [0.15, 0.2) is 21.5 Å². The van der Waals surface area contributed by atoms with E-state index in [4.69, 9.17) is 5.73 Å². The molecule has 0 fully saturated rings. The van der Waals surface area contributed by atoms with Crippen molar-refractivity contribution in [2.75, 3.05) is 10.5 Å². The molecule has 0 radical (unpaired) electrons. The molecular weight excluding hydrogens is 363 g/mol. The van der Waals surface area contributed by atoms with E-state index in [2.05, 4.69) is 25.8 Å². The molecule has 3 N–H and O–H groups in total. The van der Waals surface area contributed by atoms with E-state index in [-0.39, 0.29) is 20.9 Å². The summed E-state index contributed by atoms with van der Waals surface area (Å²) in [5.74, 6) is -0.660. The van der Waals surface area contributed by atoms with Crippen LogP contribution in [0, 0.1) is 19.7 Å². The summed E-state index contributed by atoms with van der Waals surface area (Å²) < 4.78 is 42.4. The molecule has 1 aromatic heterocycles. The first-order valence-electron chi connectivity index (χ1n) is 5.91. The molecule has 2 rings (SSSR count). The number of nitrogens with zero attached hydrogens (tertiary/aromatic N) is 2. The Labute approximate surface area is 130 Å². The minimum Gasteiger partial charge on any atom is -0.381 e. The molecule has 0 unspecified atom stereocenters. The maximum atomic E-state index is 13.6. The van der Waals surface area contributed by atoms with Gasteiger partial charge in [0.15, 0.2) is 10.7 Å². The summed E-state index contributed by atoms with van der Waals surface area (Å²) in [4.78, 5) is -0.104. The van der Waals surface area contributed by atoms with Crippen molar-refractivity contribution in [1.82, 2.24) is 9.78 Å². The Kier molecular flexibility index (Phi) is 3.98. The highest BCUT2D eigenvalue weighted by molar-refractivity contribution is 9.10. The van der Waals surface area contributed by atoms with Gasteiger partial charge in [0.2, 0.25) is 0 Å². The van der Waals surface area contributed by atoms with Gasteiger partial charge in [0.05, 0.1) is 15.9 Å². The SMILES string of the molecule is Cc1cc(Br)c(F)cc1NS(=O)(=O)c1c(N)nn(C)c1C. The zero-order valence-corrected chi connectivity index (χ0v) is 14.0. The van der Waals surface area contributed by atoms with Crippen LogP contribution in [-0.2, 0) is 17.1 Å². The number of hydrogen-bond acceptors (Lipinski definition) is 4. The van der Waals surface area contributed by atoms with E-state index in [1.54, 1.807) is 20.9 Å². The lowest BCUT2D eigenvalue weighted by atomic mass is 10.2. The van der Waals surface area contributed by atoms with E-state index in [1.165, 1.54) is 10.7 Å². The second-order valence-corrected chi connectivity index (χ2v) is 7.08. The van der Waals surface area contributed by atoms with Gasteiger partial charge in [-0.15, -0.1) is 0 Å². The number of aryl methyl sites for hydroxylation is 2. The van der Waals surface area contributed by atoms with E-state index in [0.29, 0.717) is 11.3 Å². The smallest absolute Gasteiger partial charge is 0.267 e. The number of hydrogen-bond donors (Lipinski definition) is 2. The lowest BCUT2D eigenvalue weighted by Crippen LogP contribution is -2.16. The fraction of sp³-hybridized carbons (Fsp3) is 0.250. The van der Waals surface area contributed by atoms with Crippen molar-refractivity contribution in [1.29, 1.82) is 0 Å². The number of nitrogens with one attached hydrogen (secondary N) is 1. The molecule has 0 bridgehead atoms. The molecule has 6 nitrogen and oxygen atoms in total. The summed E-state index contributed by atoms with van der Waals surface area (Å²) in [5, 5.41) is 3.87. The number of aromatic nitrogens is 2. The largest absolute Gasteiger partial charge is 0.381 e. The van der Waals surface area contributed by atoms with Crippen LogP contribution in [0.2, 0.25) is 0 Å². The van der Waals surface area contributed by atoms with Crippen LogP contribution < -0.4 is 10.5 Å². The highest BCUT2D eigenvalue weighted by Crippen LogP contribution is 2.28. The van der Waals surface area contributed by atoms with Crippen LogP contribution in [0.25, 0.3) is 0 Å². The Morgan fingerprint density at radius 2 is 2.00 bits per heavy atom. The van der Waals surface area contributed by atoms with Gasteiger partial charge in [-0.25, -0.2) is 12.8 Å². The van der Waals surface area contributed by atoms with Crippen molar-refractivity contribution in [2.45, 2.75) is 18.7 Å². The summed E-state index contributed by atoms with van der Waals surface area (Å²) >= 11 is 3.05. The number of nitrogens with two attached hydrogens (primary N) is 1. The van der Waals surface area contributed by atoms with Crippen molar-refractivity contribution in [2.24, 2.45) is 7.05 Å². The number of benzene rings is 1. The van der Waals surface area contributed by atoms with E-state index >= 15 is 0 Å². The molecule has 114 valence electrons. The van der Waals surface area contributed by atoms with Gasteiger partial charge in [0, 0.05) is 7.05 Å². The van der Waals surface area contributed by atoms with Crippen LogP contribution >= 0.6 is 15.9 Å². The first kappa shape index (κ1) is 15.8. The van der Waals surface area contributed by atoms with Crippen LogP contribution in [0.1, 0.15) is 11.3 Å². The van der Waals surface area contributed by atoms with Crippen molar-refractivity contribution in [3.05, 3.63) is 33.7 Å². The first-order chi connectivity index (χ1) is 9.63. The zero-order chi connectivity index (χ0) is 15.9. The number of halogens is 2. The minimum absolute atomic E-state index is 0.0993. The third-order valence-electron chi connectivity index (χ3n) is 3.08. The standard InChI is InChI=1S/C12H14BrFN4O2S/c1-6-4-8(13)9(14)5-10(6)17-21(19,20)11-7(2)18(3)16-12(11)15/h4-5,17H,1-3H3,(H2,15,16). The van der Waals surface area contributed by atoms with Gasteiger partial charge in [-0.3, -0.25) is 9.40 Å². The average Bonchev–Trinajstić information content (AvgIpc) is 2.60. The second kappa shape index (κ2) is 5.30. The molecule has 0 spiro atoms. The third-order valence-corrected chi connectivity index (χ3v) is 5.22. The van der Waals surface area contributed by atoms with Gasteiger partial charge in [0.25, 0.3) is 10.0 Å². The Balaban J connectivity index is 2.50. The molecule has 0 saturated carbocycles. The lowest BCUT2D eigenvalue weighted by molar-refractivity contribution is 0.600. The minimum atomic E-state index is -3.95. The molecule has 0 aliphatic rings. The molecule has 0 aliphatic heterocycles. The van der Waals surface area contributed by atoms with Crippen LogP contribution in [0.4, 0.5) is 15.9 Å². The Bertz CT molecular complexity index is 817. The van der Waals surface area contributed by atoms with Gasteiger partial charge >= 0.3 is 0 Å². The number of anilines is 2. The Morgan fingerprint density at radius 3 is 2.52 bits per heavy atom. The highest BCUT2D eigenvalue weighted by Gasteiger charge is 2.25. The fourth-order valence-corrected chi connectivity index (χ4v) is 3.80. The van der Waals surface area contributed by atoms with Crippen molar-refractivity contribution in [3.8, 4) is 0 Å². The molecule has 0 atom stereocenters. The number of rotatable bonds is 3. The molecule has 21 heavy (non-hydrogen) atoms. The van der Waals surface area contributed by atoms with Crippen LogP contribution in [0.3, 0.4) is 0 Å². The van der Waals surface area contributed by atoms with E-state index in [0.717, 1.165) is 6.07 Å². The lowest BCUT2D eigenvalue weighted by Gasteiger charge is -2.11. The summed E-state index contributed by atoms with van der Waals surface area (Å²) in [6.45, 7) is 3.26. The van der Waals surface area contributed by atoms with E-state index in [9.17, 15) is 12.8 Å². The fourth-order valence-electron chi connectivity index (χ4n) is 1.90. The predicted octanol–water partition coefficient (Wildman–Crippen LogP) is 2.32. The zero-order valence-electron chi connectivity index (χ0n) is 11.6. The van der Waals surface area contributed by atoms with Crippen molar-refractivity contribution in [3.63, 3.8) is 0 Å². The topological polar surface area (TPSA) is 90.0 Å².